The first kappa shape index (κ1) is 66.1. The minimum atomic E-state index is -0.659. The molecule has 0 aliphatic heterocycles. The van der Waals surface area contributed by atoms with Gasteiger partial charge in [-0.1, -0.05) is 319 Å². The van der Waals surface area contributed by atoms with E-state index in [-0.39, 0.29) is 12.5 Å². The minimum Gasteiger partial charge on any atom is -0.394 e. The predicted molar refractivity (Wildman–Crippen MR) is 304 cm³/mol. The van der Waals surface area contributed by atoms with Crippen LogP contribution >= 0.6 is 0 Å². The monoisotopic (exact) mass is 950 g/mol. The van der Waals surface area contributed by atoms with Crippen LogP contribution in [0, 0.1) is 0 Å². The van der Waals surface area contributed by atoms with E-state index in [4.69, 9.17) is 0 Å². The van der Waals surface area contributed by atoms with Crippen molar-refractivity contribution >= 4 is 5.91 Å². The first-order valence-electron chi connectivity index (χ1n) is 30.5. The summed E-state index contributed by atoms with van der Waals surface area (Å²) in [5.41, 5.74) is 0. The summed E-state index contributed by atoms with van der Waals surface area (Å²) in [5.74, 6) is -0.0261. The van der Waals surface area contributed by atoms with Crippen molar-refractivity contribution in [1.82, 2.24) is 5.32 Å². The van der Waals surface area contributed by atoms with Crippen LogP contribution in [0.5, 0.6) is 0 Å². The summed E-state index contributed by atoms with van der Waals surface area (Å²) in [6.07, 6.45) is 83.7. The summed E-state index contributed by atoms with van der Waals surface area (Å²) < 4.78 is 0. The topological polar surface area (TPSA) is 69.6 Å². The van der Waals surface area contributed by atoms with Crippen molar-refractivity contribution in [3.05, 3.63) is 60.8 Å². The molecular formula is C64H119NO3. The first-order valence-corrected chi connectivity index (χ1v) is 30.5. The van der Waals surface area contributed by atoms with E-state index in [0.717, 1.165) is 57.8 Å². The van der Waals surface area contributed by atoms with E-state index in [1.807, 2.05) is 0 Å². The smallest absolute Gasteiger partial charge is 0.220 e. The number of allylic oxidation sites excluding steroid dienone is 10. The molecule has 0 aromatic rings. The van der Waals surface area contributed by atoms with Gasteiger partial charge in [0.05, 0.1) is 18.8 Å². The van der Waals surface area contributed by atoms with Crippen LogP contribution in [-0.4, -0.2) is 34.9 Å². The molecule has 3 N–H and O–H groups in total. The van der Waals surface area contributed by atoms with Crippen LogP contribution < -0.4 is 5.32 Å². The lowest BCUT2D eigenvalue weighted by molar-refractivity contribution is -0.123. The summed E-state index contributed by atoms with van der Waals surface area (Å²) in [6.45, 7) is 4.27. The first-order chi connectivity index (χ1) is 33.7. The van der Waals surface area contributed by atoms with Gasteiger partial charge >= 0.3 is 0 Å². The maximum Gasteiger partial charge on any atom is 0.220 e. The number of hydrogen-bond acceptors (Lipinski definition) is 3. The van der Waals surface area contributed by atoms with Crippen molar-refractivity contribution in [3.63, 3.8) is 0 Å². The molecule has 0 heterocycles. The third-order valence-electron chi connectivity index (χ3n) is 14.0. The van der Waals surface area contributed by atoms with Gasteiger partial charge in [-0.15, -0.1) is 0 Å². The quantitative estimate of drug-likeness (QED) is 0.0420. The fourth-order valence-electron chi connectivity index (χ4n) is 9.45. The Kier molecular flexibility index (Phi) is 57.7. The lowest BCUT2D eigenvalue weighted by atomic mass is 10.0. The van der Waals surface area contributed by atoms with Crippen LogP contribution in [0.15, 0.2) is 60.8 Å². The zero-order valence-corrected chi connectivity index (χ0v) is 45.9. The van der Waals surface area contributed by atoms with Gasteiger partial charge in [-0.05, 0) is 57.8 Å². The second-order valence-corrected chi connectivity index (χ2v) is 20.7. The van der Waals surface area contributed by atoms with Crippen molar-refractivity contribution in [1.29, 1.82) is 0 Å². The number of rotatable bonds is 56. The molecule has 0 aromatic carbocycles. The van der Waals surface area contributed by atoms with E-state index in [1.165, 1.54) is 238 Å². The molecule has 4 nitrogen and oxygen atoms in total. The molecule has 0 fully saturated rings. The summed E-state index contributed by atoms with van der Waals surface area (Å²) >= 11 is 0. The third kappa shape index (κ3) is 55.0. The largest absolute Gasteiger partial charge is 0.394 e. The van der Waals surface area contributed by atoms with Crippen molar-refractivity contribution in [2.75, 3.05) is 6.61 Å². The molecule has 0 saturated heterocycles. The molecular weight excluding hydrogens is 831 g/mol. The Labute approximate surface area is 426 Å². The molecule has 0 bridgehead atoms. The molecule has 0 aromatic heterocycles. The third-order valence-corrected chi connectivity index (χ3v) is 14.0. The van der Waals surface area contributed by atoms with E-state index >= 15 is 0 Å². The molecule has 0 aliphatic carbocycles. The highest BCUT2D eigenvalue weighted by molar-refractivity contribution is 5.76. The van der Waals surface area contributed by atoms with Crippen LogP contribution in [0.25, 0.3) is 0 Å². The number of hydrogen-bond donors (Lipinski definition) is 3. The maximum absolute atomic E-state index is 12.5. The molecule has 68 heavy (non-hydrogen) atoms. The van der Waals surface area contributed by atoms with Crippen LogP contribution in [-0.2, 0) is 4.79 Å². The number of unbranched alkanes of at least 4 members (excludes halogenated alkanes) is 39. The summed E-state index contributed by atoms with van der Waals surface area (Å²) in [4.78, 5) is 12.5. The number of carbonyl (C=O) groups excluding carboxylic acids is 1. The Morgan fingerprint density at radius 3 is 0.971 bits per heavy atom. The van der Waals surface area contributed by atoms with Gasteiger partial charge < -0.3 is 15.5 Å². The maximum atomic E-state index is 12.5. The fraction of sp³-hybridized carbons (Fsp3) is 0.828. The van der Waals surface area contributed by atoms with Crippen molar-refractivity contribution in [3.8, 4) is 0 Å². The SMILES string of the molecule is CC/C=C\C/C=C\C/C=C\C/C=C\C/C=C\CCCCCCCCCCCCCCCCCCCCCCCC(=O)NC(CO)C(O)CCCCCCCCCCCCCCCCCCCCC. The van der Waals surface area contributed by atoms with Crippen LogP contribution in [0.4, 0.5) is 0 Å². The molecule has 0 spiro atoms. The highest BCUT2D eigenvalue weighted by Gasteiger charge is 2.20. The number of carbonyl (C=O) groups is 1. The second kappa shape index (κ2) is 59.4. The van der Waals surface area contributed by atoms with Crippen LogP contribution in [0.3, 0.4) is 0 Å². The van der Waals surface area contributed by atoms with Crippen molar-refractivity contribution in [2.45, 2.75) is 334 Å². The lowest BCUT2D eigenvalue weighted by Crippen LogP contribution is -2.45. The normalized spacial score (nSPS) is 13.2. The number of nitrogens with one attached hydrogen (secondary N) is 1. The molecule has 1 amide bonds. The van der Waals surface area contributed by atoms with E-state index in [1.54, 1.807) is 0 Å². The highest BCUT2D eigenvalue weighted by atomic mass is 16.3. The minimum absolute atomic E-state index is 0.0261. The Balaban J connectivity index is 3.41. The van der Waals surface area contributed by atoms with E-state index in [9.17, 15) is 15.0 Å². The van der Waals surface area contributed by atoms with E-state index < -0.39 is 12.1 Å². The lowest BCUT2D eigenvalue weighted by Gasteiger charge is -2.22. The zero-order chi connectivity index (χ0) is 49.2. The standard InChI is InChI=1S/C64H119NO3/c1-3-5-7-9-11-13-15-17-19-21-23-24-25-26-27-28-29-30-31-32-33-34-35-36-37-38-39-40-42-44-46-48-50-52-54-56-58-60-64(68)65-62(61-66)63(67)59-57-55-53-51-49-47-45-43-41-22-20-18-16-14-12-10-8-6-4-2/h5,7,11,13,17,19,23-24,26-27,62-63,66-67H,3-4,6,8-10,12,14-16,18,20-22,25,28-61H2,1-2H3,(H,65,68)/b7-5-,13-11-,19-17-,24-23-,27-26-. The van der Waals surface area contributed by atoms with Gasteiger partial charge in [-0.25, -0.2) is 0 Å². The van der Waals surface area contributed by atoms with Gasteiger partial charge in [-0.3, -0.25) is 4.79 Å². The summed E-state index contributed by atoms with van der Waals surface area (Å²) in [7, 11) is 0. The predicted octanol–water partition coefficient (Wildman–Crippen LogP) is 20.4. The molecule has 2 atom stereocenters. The number of aliphatic hydroxyl groups is 2. The molecule has 0 radical (unpaired) electrons. The van der Waals surface area contributed by atoms with Crippen LogP contribution in [0.2, 0.25) is 0 Å². The van der Waals surface area contributed by atoms with Gasteiger partial charge in [0.25, 0.3) is 0 Å². The van der Waals surface area contributed by atoms with Gasteiger partial charge in [-0.2, -0.15) is 0 Å². The summed E-state index contributed by atoms with van der Waals surface area (Å²) in [5, 5.41) is 23.4. The zero-order valence-electron chi connectivity index (χ0n) is 45.9. The molecule has 2 unspecified atom stereocenters. The van der Waals surface area contributed by atoms with Gasteiger partial charge in [0.1, 0.15) is 0 Å². The molecule has 398 valence electrons. The van der Waals surface area contributed by atoms with Gasteiger partial charge in [0.15, 0.2) is 0 Å². The molecule has 0 saturated carbocycles. The molecule has 0 aliphatic rings. The summed E-state index contributed by atoms with van der Waals surface area (Å²) in [6, 6.07) is -0.536. The van der Waals surface area contributed by atoms with Crippen molar-refractivity contribution in [2.24, 2.45) is 0 Å². The second-order valence-electron chi connectivity index (χ2n) is 20.7. The Morgan fingerprint density at radius 2 is 0.647 bits per heavy atom. The average Bonchev–Trinajstić information content (AvgIpc) is 3.34. The Morgan fingerprint density at radius 1 is 0.368 bits per heavy atom. The Bertz CT molecular complexity index is 1120. The fourth-order valence-corrected chi connectivity index (χ4v) is 9.45. The van der Waals surface area contributed by atoms with E-state index in [2.05, 4.69) is 79.9 Å². The molecule has 0 rings (SSSR count). The van der Waals surface area contributed by atoms with Crippen molar-refractivity contribution < 1.29 is 15.0 Å². The van der Waals surface area contributed by atoms with Gasteiger partial charge in [0, 0.05) is 6.42 Å². The average molecular weight is 951 g/mol. The van der Waals surface area contributed by atoms with E-state index in [0.29, 0.717) is 12.8 Å². The van der Waals surface area contributed by atoms with Crippen LogP contribution in [0.1, 0.15) is 322 Å². The number of amides is 1. The molecule has 4 heteroatoms. The van der Waals surface area contributed by atoms with Gasteiger partial charge in [0.2, 0.25) is 5.91 Å². The Hall–Kier alpha value is -1.91. The highest BCUT2D eigenvalue weighted by Crippen LogP contribution is 2.18. The number of aliphatic hydroxyl groups excluding tert-OH is 2.